The Hall–Kier alpha value is -3.88. The van der Waals surface area contributed by atoms with Crippen molar-refractivity contribution in [3.8, 4) is 22.8 Å². The molecule has 4 aromatic rings. The quantitative estimate of drug-likeness (QED) is 0.454. The molecule has 0 aliphatic carbocycles. The molecule has 0 spiro atoms. The molecule has 0 unspecified atom stereocenters. The van der Waals surface area contributed by atoms with Gasteiger partial charge < -0.3 is 9.42 Å². The Kier molecular flexibility index (Phi) is 5.68. The topological polar surface area (TPSA) is 77.0 Å². The van der Waals surface area contributed by atoms with E-state index in [1.54, 1.807) is 30.5 Å². The summed E-state index contributed by atoms with van der Waals surface area (Å²) in [4.78, 5) is 19.5. The van der Waals surface area contributed by atoms with Gasteiger partial charge in [0.2, 0.25) is 5.91 Å². The van der Waals surface area contributed by atoms with E-state index in [1.165, 1.54) is 28.9 Å². The van der Waals surface area contributed by atoms with Crippen LogP contribution in [0.5, 0.6) is 0 Å². The average Bonchev–Trinajstić information content (AvgIpc) is 3.51. The second kappa shape index (κ2) is 8.93. The molecule has 0 N–H and O–H groups in total. The highest BCUT2D eigenvalue weighted by Crippen LogP contribution is 2.27. The summed E-state index contributed by atoms with van der Waals surface area (Å²) >= 11 is 0. The molecule has 1 aliphatic heterocycles. The molecule has 9 heteroatoms. The van der Waals surface area contributed by atoms with Crippen LogP contribution in [0.4, 0.5) is 8.78 Å². The second-order valence-corrected chi connectivity index (χ2v) is 8.01. The van der Waals surface area contributed by atoms with Gasteiger partial charge in [0.05, 0.1) is 5.69 Å². The number of amides is 1. The fraction of sp³-hybridized carbons (Fsp3) is 0.250. The fourth-order valence-electron chi connectivity index (χ4n) is 4.07. The zero-order chi connectivity index (χ0) is 22.8. The van der Waals surface area contributed by atoms with Gasteiger partial charge in [-0.2, -0.15) is 0 Å². The van der Waals surface area contributed by atoms with Crippen LogP contribution < -0.4 is 0 Å². The van der Waals surface area contributed by atoms with Gasteiger partial charge in [-0.25, -0.2) is 18.4 Å². The third-order valence-electron chi connectivity index (χ3n) is 5.89. The van der Waals surface area contributed by atoms with Crippen LogP contribution in [0.25, 0.3) is 22.8 Å². The van der Waals surface area contributed by atoms with E-state index in [0.29, 0.717) is 35.9 Å². The molecular weight excluding hydrogens is 428 g/mol. The van der Waals surface area contributed by atoms with E-state index in [2.05, 4.69) is 15.2 Å². The first-order valence-corrected chi connectivity index (χ1v) is 10.7. The Morgan fingerprint density at radius 1 is 0.939 bits per heavy atom. The molecule has 0 atom stereocenters. The summed E-state index contributed by atoms with van der Waals surface area (Å²) in [5, 5.41) is 8.53. The number of benzene rings is 2. The van der Waals surface area contributed by atoms with E-state index in [9.17, 15) is 13.6 Å². The lowest BCUT2D eigenvalue weighted by Crippen LogP contribution is -2.40. The van der Waals surface area contributed by atoms with Gasteiger partial charge in [-0.1, -0.05) is 5.16 Å². The summed E-state index contributed by atoms with van der Waals surface area (Å²) in [6, 6.07) is 13.6. The normalized spacial score (nSPS) is 14.5. The van der Waals surface area contributed by atoms with Crippen LogP contribution in [-0.4, -0.2) is 43.8 Å². The first kappa shape index (κ1) is 21.0. The number of rotatable bonds is 5. The van der Waals surface area contributed by atoms with Crippen molar-refractivity contribution in [2.24, 2.45) is 0 Å². The smallest absolute Gasteiger partial charge is 0.244 e. The van der Waals surface area contributed by atoms with Gasteiger partial charge in [-0.3, -0.25) is 4.79 Å². The number of hydrogen-bond donors (Lipinski definition) is 0. The molecule has 1 fully saturated rings. The minimum Gasteiger partial charge on any atom is -0.365 e. The molecule has 5 rings (SSSR count). The van der Waals surface area contributed by atoms with Crippen LogP contribution in [0.15, 0.2) is 65.4 Å². The highest BCUT2D eigenvalue weighted by molar-refractivity contribution is 5.77. The molecule has 0 radical (unpaired) electrons. The van der Waals surface area contributed by atoms with Crippen LogP contribution in [-0.2, 0) is 11.3 Å². The third-order valence-corrected chi connectivity index (χ3v) is 5.89. The fourth-order valence-corrected chi connectivity index (χ4v) is 4.07. The summed E-state index contributed by atoms with van der Waals surface area (Å²) in [7, 11) is 0. The number of nitrogens with zero attached hydrogens (tertiary/aromatic N) is 5. The van der Waals surface area contributed by atoms with E-state index in [1.807, 2.05) is 11.0 Å². The Balaban J connectivity index is 1.37. The van der Waals surface area contributed by atoms with Crippen LogP contribution in [0.1, 0.15) is 24.5 Å². The largest absolute Gasteiger partial charge is 0.365 e. The van der Waals surface area contributed by atoms with Crippen molar-refractivity contribution in [1.29, 1.82) is 0 Å². The maximum absolute atomic E-state index is 13.4. The molecule has 0 saturated carbocycles. The predicted octanol–water partition coefficient (Wildman–Crippen LogP) is 4.28. The Labute approximate surface area is 188 Å². The number of likely N-dealkylation sites (tertiary alicyclic amines) is 1. The molecule has 1 saturated heterocycles. The standard InChI is InChI=1S/C24H21F2N5O2/c25-19-5-1-17(2-6-19)23-27-24(18-3-7-20(26)8-4-18)31(28-23)15-22(32)30-12-9-16(10-13-30)21-11-14-33-29-21/h1-8,11,14,16H,9-10,12-13,15H2. The summed E-state index contributed by atoms with van der Waals surface area (Å²) in [5.41, 5.74) is 2.18. The first-order valence-electron chi connectivity index (χ1n) is 10.7. The Morgan fingerprint density at radius 2 is 1.58 bits per heavy atom. The van der Waals surface area contributed by atoms with Gasteiger partial charge in [0, 0.05) is 36.2 Å². The maximum Gasteiger partial charge on any atom is 0.244 e. The number of aromatic nitrogens is 4. The van der Waals surface area contributed by atoms with Crippen molar-refractivity contribution in [2.75, 3.05) is 13.1 Å². The lowest BCUT2D eigenvalue weighted by molar-refractivity contribution is -0.133. The first-order chi connectivity index (χ1) is 16.1. The minimum atomic E-state index is -0.366. The van der Waals surface area contributed by atoms with Gasteiger partial charge in [0.1, 0.15) is 24.4 Å². The molecule has 168 valence electrons. The Morgan fingerprint density at radius 3 is 2.18 bits per heavy atom. The lowest BCUT2D eigenvalue weighted by atomic mass is 9.94. The molecule has 1 aliphatic rings. The van der Waals surface area contributed by atoms with Gasteiger partial charge in [-0.15, -0.1) is 5.10 Å². The van der Waals surface area contributed by atoms with Crippen molar-refractivity contribution in [3.05, 3.63) is 78.2 Å². The predicted molar refractivity (Wildman–Crippen MR) is 116 cm³/mol. The monoisotopic (exact) mass is 449 g/mol. The van der Waals surface area contributed by atoms with E-state index in [4.69, 9.17) is 4.52 Å². The molecule has 2 aromatic heterocycles. The van der Waals surface area contributed by atoms with Crippen LogP contribution in [0.3, 0.4) is 0 Å². The molecule has 7 nitrogen and oxygen atoms in total. The summed E-state index contributed by atoms with van der Waals surface area (Å²) < 4.78 is 33.3. The molecular formula is C24H21F2N5O2. The zero-order valence-electron chi connectivity index (χ0n) is 17.7. The molecule has 0 bridgehead atoms. The SMILES string of the molecule is O=C(Cn1nc(-c2ccc(F)cc2)nc1-c1ccc(F)cc1)N1CCC(c2ccon2)CC1. The van der Waals surface area contributed by atoms with Crippen molar-refractivity contribution in [2.45, 2.75) is 25.3 Å². The van der Waals surface area contributed by atoms with Crippen LogP contribution in [0, 0.1) is 11.6 Å². The number of carbonyl (C=O) groups excluding carboxylic acids is 1. The van der Waals surface area contributed by atoms with Gasteiger partial charge in [0.15, 0.2) is 11.6 Å². The second-order valence-electron chi connectivity index (χ2n) is 8.01. The van der Waals surface area contributed by atoms with Crippen LogP contribution in [0.2, 0.25) is 0 Å². The van der Waals surface area contributed by atoms with E-state index in [-0.39, 0.29) is 30.0 Å². The van der Waals surface area contributed by atoms with Crippen LogP contribution >= 0.6 is 0 Å². The van der Waals surface area contributed by atoms with Crippen molar-refractivity contribution in [1.82, 2.24) is 24.8 Å². The highest BCUT2D eigenvalue weighted by Gasteiger charge is 2.26. The Bertz CT molecular complexity index is 1230. The minimum absolute atomic E-state index is 0.00443. The number of carbonyl (C=O) groups is 1. The summed E-state index contributed by atoms with van der Waals surface area (Å²) in [5.74, 6) is 0.286. The summed E-state index contributed by atoms with van der Waals surface area (Å²) in [6.45, 7) is 1.22. The number of halogens is 2. The van der Waals surface area contributed by atoms with E-state index in [0.717, 1.165) is 18.5 Å². The van der Waals surface area contributed by atoms with Gasteiger partial charge in [0.25, 0.3) is 0 Å². The van der Waals surface area contributed by atoms with E-state index >= 15 is 0 Å². The van der Waals surface area contributed by atoms with Gasteiger partial charge in [-0.05, 0) is 61.4 Å². The lowest BCUT2D eigenvalue weighted by Gasteiger charge is -2.31. The average molecular weight is 449 g/mol. The summed E-state index contributed by atoms with van der Waals surface area (Å²) in [6.07, 6.45) is 3.18. The van der Waals surface area contributed by atoms with Crippen molar-refractivity contribution < 1.29 is 18.1 Å². The maximum atomic E-state index is 13.4. The number of hydrogen-bond acceptors (Lipinski definition) is 5. The van der Waals surface area contributed by atoms with E-state index < -0.39 is 0 Å². The molecule has 2 aromatic carbocycles. The third kappa shape index (κ3) is 4.52. The molecule has 3 heterocycles. The van der Waals surface area contributed by atoms with Crippen molar-refractivity contribution in [3.63, 3.8) is 0 Å². The van der Waals surface area contributed by atoms with Gasteiger partial charge >= 0.3 is 0 Å². The zero-order valence-corrected chi connectivity index (χ0v) is 17.7. The number of piperidine rings is 1. The molecule has 1 amide bonds. The molecule has 33 heavy (non-hydrogen) atoms. The highest BCUT2D eigenvalue weighted by atomic mass is 19.1. The van der Waals surface area contributed by atoms with Crippen molar-refractivity contribution >= 4 is 5.91 Å².